The Morgan fingerprint density at radius 2 is 1.64 bits per heavy atom. The summed E-state index contributed by atoms with van der Waals surface area (Å²) < 4.78 is 28.3. The van der Waals surface area contributed by atoms with E-state index in [0.29, 0.717) is 11.1 Å². The van der Waals surface area contributed by atoms with E-state index in [2.05, 4.69) is 0 Å². The van der Waals surface area contributed by atoms with Gasteiger partial charge >= 0.3 is 5.97 Å². The van der Waals surface area contributed by atoms with E-state index in [1.165, 1.54) is 17.0 Å². The van der Waals surface area contributed by atoms with Gasteiger partial charge in [0.05, 0.1) is 17.0 Å². The van der Waals surface area contributed by atoms with Gasteiger partial charge in [0.2, 0.25) is 0 Å². The summed E-state index contributed by atoms with van der Waals surface area (Å²) in [5, 5.41) is 0. The summed E-state index contributed by atoms with van der Waals surface area (Å²) in [5.74, 6) is -1.04. The highest BCUT2D eigenvalue weighted by Gasteiger charge is 2.21. The first-order valence-electron chi connectivity index (χ1n) is 8.26. The van der Waals surface area contributed by atoms with Crippen LogP contribution < -0.4 is 0 Å². The van der Waals surface area contributed by atoms with E-state index in [0.717, 1.165) is 6.26 Å². The summed E-state index contributed by atoms with van der Waals surface area (Å²) in [4.78, 5) is 24.5. The van der Waals surface area contributed by atoms with E-state index >= 15 is 0 Å². The lowest BCUT2D eigenvalue weighted by Crippen LogP contribution is -2.37. The lowest BCUT2D eigenvalue weighted by atomic mass is 10.2. The van der Waals surface area contributed by atoms with Gasteiger partial charge < -0.3 is 9.64 Å². The molecule has 0 aliphatic rings. The molecule has 28 heavy (non-hydrogen) atoms. The summed E-state index contributed by atoms with van der Waals surface area (Å²) in [5.41, 5.74) is 1.09. The van der Waals surface area contributed by atoms with Gasteiger partial charge in [-0.05, 0) is 29.8 Å². The number of ether oxygens (including phenoxy) is 1. The Kier molecular flexibility index (Phi) is 7.86. The van der Waals surface area contributed by atoms with Crippen LogP contribution in [-0.4, -0.2) is 49.4 Å². The first kappa shape index (κ1) is 22.2. The number of halogens is 2. The fourth-order valence-corrected chi connectivity index (χ4v) is 3.28. The van der Waals surface area contributed by atoms with Crippen LogP contribution in [0.15, 0.2) is 59.5 Å². The van der Waals surface area contributed by atoms with Crippen molar-refractivity contribution in [2.24, 2.45) is 0 Å². The second kappa shape index (κ2) is 9.91. The standard InChI is InChI=1S/C19H19Cl2NO5S/c1-28(25,26)16-9-7-14(8-10-16)13-22(18(23)17(20)21)11-12-27-19(24)15-5-3-2-4-6-15/h2-10,17H,11-13H2,1H3. The molecule has 0 N–H and O–H groups in total. The second-order valence-electron chi connectivity index (χ2n) is 5.98. The number of hydrogen-bond acceptors (Lipinski definition) is 5. The van der Waals surface area contributed by atoms with Crippen LogP contribution in [0, 0.1) is 0 Å². The third kappa shape index (κ3) is 6.51. The molecule has 2 rings (SSSR count). The van der Waals surface area contributed by atoms with Crippen molar-refractivity contribution >= 4 is 44.9 Å². The lowest BCUT2D eigenvalue weighted by Gasteiger charge is -2.23. The summed E-state index contributed by atoms with van der Waals surface area (Å²) in [6, 6.07) is 14.6. The Bertz CT molecular complexity index is 915. The topological polar surface area (TPSA) is 80.8 Å². The van der Waals surface area contributed by atoms with E-state index < -0.39 is 26.6 Å². The molecule has 0 spiro atoms. The van der Waals surface area contributed by atoms with Crippen molar-refractivity contribution in [2.45, 2.75) is 16.3 Å². The summed E-state index contributed by atoms with van der Waals surface area (Å²) in [7, 11) is -3.31. The van der Waals surface area contributed by atoms with Gasteiger partial charge in [0.25, 0.3) is 5.91 Å². The summed E-state index contributed by atoms with van der Waals surface area (Å²) >= 11 is 11.4. The van der Waals surface area contributed by atoms with E-state index in [1.807, 2.05) is 0 Å². The largest absolute Gasteiger partial charge is 0.460 e. The number of hydrogen-bond donors (Lipinski definition) is 0. The number of nitrogens with zero attached hydrogens (tertiary/aromatic N) is 1. The molecule has 0 saturated heterocycles. The minimum atomic E-state index is -3.31. The van der Waals surface area contributed by atoms with E-state index in [-0.39, 0.29) is 24.6 Å². The fraction of sp³-hybridized carbons (Fsp3) is 0.263. The van der Waals surface area contributed by atoms with Gasteiger partial charge in [0.1, 0.15) is 6.61 Å². The van der Waals surface area contributed by atoms with Crippen LogP contribution in [0.1, 0.15) is 15.9 Å². The highest BCUT2D eigenvalue weighted by atomic mass is 35.5. The number of carbonyl (C=O) groups excluding carboxylic acids is 2. The molecule has 9 heteroatoms. The van der Waals surface area contributed by atoms with Crippen molar-refractivity contribution in [3.8, 4) is 0 Å². The molecule has 0 atom stereocenters. The minimum absolute atomic E-state index is 0.0403. The molecular formula is C19H19Cl2NO5S. The van der Waals surface area contributed by atoms with Crippen molar-refractivity contribution in [3.05, 3.63) is 65.7 Å². The molecule has 2 aromatic rings. The van der Waals surface area contributed by atoms with Gasteiger partial charge in [-0.3, -0.25) is 4.79 Å². The zero-order valence-corrected chi connectivity index (χ0v) is 17.4. The summed E-state index contributed by atoms with van der Waals surface area (Å²) in [6.07, 6.45) is 1.12. The van der Waals surface area contributed by atoms with Crippen LogP contribution in [0.3, 0.4) is 0 Å². The number of rotatable bonds is 8. The zero-order valence-electron chi connectivity index (χ0n) is 15.0. The molecule has 0 fully saturated rings. The van der Waals surface area contributed by atoms with Gasteiger partial charge in [-0.15, -0.1) is 0 Å². The van der Waals surface area contributed by atoms with Gasteiger partial charge in [-0.1, -0.05) is 53.5 Å². The molecule has 0 aliphatic carbocycles. The molecule has 0 unspecified atom stereocenters. The van der Waals surface area contributed by atoms with Gasteiger partial charge in [0, 0.05) is 12.8 Å². The molecule has 0 heterocycles. The van der Waals surface area contributed by atoms with Crippen LogP contribution in [-0.2, 0) is 25.9 Å². The van der Waals surface area contributed by atoms with Crippen LogP contribution in [0.5, 0.6) is 0 Å². The average molecular weight is 444 g/mol. The third-order valence-electron chi connectivity index (χ3n) is 3.83. The second-order valence-corrected chi connectivity index (χ2v) is 9.09. The van der Waals surface area contributed by atoms with E-state index in [4.69, 9.17) is 27.9 Å². The first-order chi connectivity index (χ1) is 13.2. The van der Waals surface area contributed by atoms with Crippen molar-refractivity contribution in [3.63, 3.8) is 0 Å². The van der Waals surface area contributed by atoms with Gasteiger partial charge in [-0.25, -0.2) is 13.2 Å². The first-order valence-corrected chi connectivity index (χ1v) is 11.0. The van der Waals surface area contributed by atoms with Crippen molar-refractivity contribution in [1.29, 1.82) is 0 Å². The van der Waals surface area contributed by atoms with Gasteiger partial charge in [-0.2, -0.15) is 0 Å². The Morgan fingerprint density at radius 1 is 1.04 bits per heavy atom. The molecular weight excluding hydrogens is 425 g/mol. The highest BCUT2D eigenvalue weighted by Crippen LogP contribution is 2.15. The number of alkyl halides is 2. The number of amides is 1. The van der Waals surface area contributed by atoms with Gasteiger partial charge in [0.15, 0.2) is 14.7 Å². The van der Waals surface area contributed by atoms with Crippen molar-refractivity contribution < 1.29 is 22.7 Å². The van der Waals surface area contributed by atoms with Crippen LogP contribution in [0.2, 0.25) is 0 Å². The average Bonchev–Trinajstić information content (AvgIpc) is 2.66. The monoisotopic (exact) mass is 443 g/mol. The fourth-order valence-electron chi connectivity index (χ4n) is 2.37. The quantitative estimate of drug-likeness (QED) is 0.462. The van der Waals surface area contributed by atoms with Crippen LogP contribution >= 0.6 is 23.2 Å². The lowest BCUT2D eigenvalue weighted by molar-refractivity contribution is -0.130. The minimum Gasteiger partial charge on any atom is -0.460 e. The van der Waals surface area contributed by atoms with E-state index in [1.54, 1.807) is 42.5 Å². The maximum atomic E-state index is 12.2. The molecule has 6 nitrogen and oxygen atoms in total. The molecule has 0 radical (unpaired) electrons. The number of sulfone groups is 1. The molecule has 0 aromatic heterocycles. The van der Waals surface area contributed by atoms with Crippen LogP contribution in [0.4, 0.5) is 0 Å². The van der Waals surface area contributed by atoms with Crippen molar-refractivity contribution in [1.82, 2.24) is 4.90 Å². The summed E-state index contributed by atoms with van der Waals surface area (Å²) in [6.45, 7) is 0.185. The number of esters is 1. The maximum Gasteiger partial charge on any atom is 0.338 e. The Labute approximate surface area is 173 Å². The normalized spacial score (nSPS) is 11.3. The number of carbonyl (C=O) groups is 2. The smallest absolute Gasteiger partial charge is 0.338 e. The maximum absolute atomic E-state index is 12.2. The predicted molar refractivity (Wildman–Crippen MR) is 107 cm³/mol. The highest BCUT2D eigenvalue weighted by molar-refractivity contribution is 7.90. The molecule has 0 saturated carbocycles. The molecule has 0 bridgehead atoms. The third-order valence-corrected chi connectivity index (χ3v) is 5.33. The molecule has 150 valence electrons. The molecule has 1 amide bonds. The van der Waals surface area contributed by atoms with Crippen LogP contribution in [0.25, 0.3) is 0 Å². The van der Waals surface area contributed by atoms with E-state index in [9.17, 15) is 18.0 Å². The SMILES string of the molecule is CS(=O)(=O)c1ccc(CN(CCOC(=O)c2ccccc2)C(=O)C(Cl)Cl)cc1. The molecule has 2 aromatic carbocycles. The Hall–Kier alpha value is -2.09. The zero-order chi connectivity index (χ0) is 20.7. The predicted octanol–water partition coefficient (Wildman–Crippen LogP) is 3.08. The van der Waals surface area contributed by atoms with Crippen molar-refractivity contribution in [2.75, 3.05) is 19.4 Å². The number of benzene rings is 2. The Balaban J connectivity index is 2.02. The molecule has 0 aliphatic heterocycles. The Morgan fingerprint density at radius 3 is 2.18 bits per heavy atom.